The molecular weight excluding hydrogens is 158 g/mol. The Morgan fingerprint density at radius 2 is 1.69 bits per heavy atom. The molecule has 0 bridgehead atoms. The molecule has 0 N–H and O–H groups in total. The fourth-order valence-corrected chi connectivity index (χ4v) is 1.58. The van der Waals surface area contributed by atoms with Crippen molar-refractivity contribution in [2.24, 2.45) is 5.41 Å². The van der Waals surface area contributed by atoms with E-state index in [0.29, 0.717) is 5.41 Å². The first-order valence-corrected chi connectivity index (χ1v) is 5.69. The van der Waals surface area contributed by atoms with Crippen molar-refractivity contribution >= 4 is 0 Å². The summed E-state index contributed by atoms with van der Waals surface area (Å²) in [4.78, 5) is 2.29. The number of hydrogen-bond donors (Lipinski definition) is 0. The lowest BCUT2D eigenvalue weighted by Gasteiger charge is -2.29. The van der Waals surface area contributed by atoms with Gasteiger partial charge in [-0.05, 0) is 38.9 Å². The zero-order chi connectivity index (χ0) is 10.3. The molecule has 1 nitrogen and oxygen atoms in total. The number of hydrogen-bond acceptors (Lipinski definition) is 1. The molecule has 1 atom stereocenters. The quantitative estimate of drug-likeness (QED) is 0.586. The van der Waals surface area contributed by atoms with E-state index in [1.807, 2.05) is 0 Å². The second-order valence-electron chi connectivity index (χ2n) is 4.82. The van der Waals surface area contributed by atoms with Crippen molar-refractivity contribution in [3.8, 4) is 0 Å². The van der Waals surface area contributed by atoms with Crippen molar-refractivity contribution in [1.29, 1.82) is 0 Å². The fraction of sp³-hybridized carbons (Fsp3) is 1.00. The highest BCUT2D eigenvalue weighted by Crippen LogP contribution is 2.31. The van der Waals surface area contributed by atoms with Gasteiger partial charge >= 0.3 is 0 Å². The van der Waals surface area contributed by atoms with Gasteiger partial charge in [0.25, 0.3) is 0 Å². The van der Waals surface area contributed by atoms with Gasteiger partial charge in [-0.25, -0.2) is 0 Å². The Kier molecular flexibility index (Phi) is 6.40. The van der Waals surface area contributed by atoms with Gasteiger partial charge in [0.05, 0.1) is 0 Å². The van der Waals surface area contributed by atoms with Crippen LogP contribution in [-0.4, -0.2) is 25.5 Å². The van der Waals surface area contributed by atoms with Crippen LogP contribution in [0.4, 0.5) is 0 Å². The molecule has 0 aliphatic carbocycles. The molecule has 0 saturated heterocycles. The normalized spacial score (nSPS) is 16.2. The van der Waals surface area contributed by atoms with Crippen LogP contribution in [0.15, 0.2) is 0 Å². The van der Waals surface area contributed by atoms with E-state index in [-0.39, 0.29) is 0 Å². The number of nitrogens with zero attached hydrogens (tertiary/aromatic N) is 1. The molecule has 1 unspecified atom stereocenters. The topological polar surface area (TPSA) is 3.24 Å². The average Bonchev–Trinajstić information content (AvgIpc) is 2.11. The van der Waals surface area contributed by atoms with Crippen LogP contribution in [0, 0.1) is 5.41 Å². The summed E-state index contributed by atoms with van der Waals surface area (Å²) in [6, 6.07) is 0. The van der Waals surface area contributed by atoms with Crippen LogP contribution in [0.3, 0.4) is 0 Å². The Morgan fingerprint density at radius 1 is 1.08 bits per heavy atom. The van der Waals surface area contributed by atoms with Gasteiger partial charge in [-0.1, -0.05) is 40.0 Å². The molecule has 0 aliphatic rings. The van der Waals surface area contributed by atoms with Gasteiger partial charge in [-0.15, -0.1) is 0 Å². The zero-order valence-electron chi connectivity index (χ0n) is 10.2. The highest BCUT2D eigenvalue weighted by atomic mass is 15.0. The summed E-state index contributed by atoms with van der Waals surface area (Å²) in [5.41, 5.74) is 0.584. The van der Waals surface area contributed by atoms with Gasteiger partial charge in [0.2, 0.25) is 0 Å². The lowest BCUT2D eigenvalue weighted by atomic mass is 9.79. The van der Waals surface area contributed by atoms with Gasteiger partial charge in [-0.2, -0.15) is 0 Å². The van der Waals surface area contributed by atoms with Crippen molar-refractivity contribution in [2.45, 2.75) is 52.9 Å². The van der Waals surface area contributed by atoms with Gasteiger partial charge in [0.1, 0.15) is 0 Å². The highest BCUT2D eigenvalue weighted by Gasteiger charge is 2.20. The molecule has 0 amide bonds. The SMILES string of the molecule is CCCCC(C)(CC)CCN(C)C. The number of rotatable bonds is 7. The van der Waals surface area contributed by atoms with Crippen molar-refractivity contribution in [2.75, 3.05) is 20.6 Å². The maximum atomic E-state index is 2.44. The molecule has 0 heterocycles. The summed E-state index contributed by atoms with van der Waals surface area (Å²) in [6.07, 6.45) is 6.78. The molecule has 1 heteroatoms. The van der Waals surface area contributed by atoms with E-state index >= 15 is 0 Å². The van der Waals surface area contributed by atoms with Crippen molar-refractivity contribution in [1.82, 2.24) is 4.90 Å². The molecular formula is C12H27N. The van der Waals surface area contributed by atoms with Gasteiger partial charge in [0, 0.05) is 0 Å². The largest absolute Gasteiger partial charge is 0.309 e. The zero-order valence-corrected chi connectivity index (χ0v) is 10.2. The third kappa shape index (κ3) is 6.09. The molecule has 0 aliphatic heterocycles. The number of unbranched alkanes of at least 4 members (excludes halogenated alkanes) is 1. The molecule has 0 aromatic carbocycles. The molecule has 0 aromatic heterocycles. The van der Waals surface area contributed by atoms with Crippen LogP contribution in [0.1, 0.15) is 52.9 Å². The van der Waals surface area contributed by atoms with Crippen LogP contribution in [-0.2, 0) is 0 Å². The summed E-state index contributed by atoms with van der Waals surface area (Å²) in [7, 11) is 4.33. The standard InChI is InChI=1S/C12H27N/c1-6-8-9-12(3,7-2)10-11-13(4)5/h6-11H2,1-5H3. The van der Waals surface area contributed by atoms with E-state index in [1.165, 1.54) is 38.6 Å². The molecule has 0 radical (unpaired) electrons. The molecule has 80 valence electrons. The highest BCUT2D eigenvalue weighted by molar-refractivity contribution is 4.73. The Hall–Kier alpha value is -0.0400. The fourth-order valence-electron chi connectivity index (χ4n) is 1.58. The average molecular weight is 185 g/mol. The first-order valence-electron chi connectivity index (χ1n) is 5.69. The van der Waals surface area contributed by atoms with Gasteiger partial charge in [0.15, 0.2) is 0 Å². The predicted octanol–water partition coefficient (Wildman–Crippen LogP) is 3.54. The summed E-state index contributed by atoms with van der Waals surface area (Å²) < 4.78 is 0. The van der Waals surface area contributed by atoms with Crippen LogP contribution in [0.5, 0.6) is 0 Å². The van der Waals surface area contributed by atoms with E-state index in [4.69, 9.17) is 0 Å². The summed E-state index contributed by atoms with van der Waals surface area (Å²) in [6.45, 7) is 8.27. The Balaban J connectivity index is 3.81. The Morgan fingerprint density at radius 3 is 2.08 bits per heavy atom. The van der Waals surface area contributed by atoms with Crippen LogP contribution >= 0.6 is 0 Å². The third-order valence-electron chi connectivity index (χ3n) is 3.15. The molecule has 0 spiro atoms. The van der Waals surface area contributed by atoms with Crippen LogP contribution < -0.4 is 0 Å². The first kappa shape index (κ1) is 13.0. The maximum absolute atomic E-state index is 2.44. The Labute approximate surface area is 84.5 Å². The molecule has 0 fully saturated rings. The van der Waals surface area contributed by atoms with E-state index < -0.39 is 0 Å². The summed E-state index contributed by atoms with van der Waals surface area (Å²) >= 11 is 0. The smallest absolute Gasteiger partial charge is 0.00196 e. The Bertz CT molecular complexity index is 120. The van der Waals surface area contributed by atoms with E-state index in [2.05, 4.69) is 39.8 Å². The maximum Gasteiger partial charge on any atom is -0.00196 e. The van der Waals surface area contributed by atoms with Crippen LogP contribution in [0.25, 0.3) is 0 Å². The molecule has 0 saturated carbocycles. The molecule has 0 aromatic rings. The van der Waals surface area contributed by atoms with Gasteiger partial charge in [-0.3, -0.25) is 0 Å². The van der Waals surface area contributed by atoms with E-state index in [0.717, 1.165) is 0 Å². The van der Waals surface area contributed by atoms with Crippen molar-refractivity contribution < 1.29 is 0 Å². The van der Waals surface area contributed by atoms with Crippen LogP contribution in [0.2, 0.25) is 0 Å². The third-order valence-corrected chi connectivity index (χ3v) is 3.15. The molecule has 0 rings (SSSR count). The summed E-state index contributed by atoms with van der Waals surface area (Å²) in [5.74, 6) is 0. The molecule has 13 heavy (non-hydrogen) atoms. The van der Waals surface area contributed by atoms with Gasteiger partial charge < -0.3 is 4.90 Å². The summed E-state index contributed by atoms with van der Waals surface area (Å²) in [5, 5.41) is 0. The second kappa shape index (κ2) is 6.42. The minimum atomic E-state index is 0.584. The van der Waals surface area contributed by atoms with Crippen molar-refractivity contribution in [3.63, 3.8) is 0 Å². The minimum Gasteiger partial charge on any atom is -0.309 e. The monoisotopic (exact) mass is 185 g/mol. The van der Waals surface area contributed by atoms with E-state index in [1.54, 1.807) is 0 Å². The van der Waals surface area contributed by atoms with E-state index in [9.17, 15) is 0 Å². The predicted molar refractivity (Wildman–Crippen MR) is 61.1 cm³/mol. The second-order valence-corrected chi connectivity index (χ2v) is 4.82. The minimum absolute atomic E-state index is 0.584. The lowest BCUT2D eigenvalue weighted by Crippen LogP contribution is -2.23. The first-order chi connectivity index (χ1) is 6.04. The lowest BCUT2D eigenvalue weighted by molar-refractivity contribution is 0.219. The van der Waals surface area contributed by atoms with Crippen molar-refractivity contribution in [3.05, 3.63) is 0 Å².